The third-order valence-corrected chi connectivity index (χ3v) is 5.69. The lowest BCUT2D eigenvalue weighted by Gasteiger charge is -2.25. The number of carbonyl (C=O) groups excluding carboxylic acids is 2. The molecule has 0 bridgehead atoms. The van der Waals surface area contributed by atoms with Crippen molar-refractivity contribution >= 4 is 40.8 Å². The highest BCUT2D eigenvalue weighted by molar-refractivity contribution is 7.16. The second-order valence-electron chi connectivity index (χ2n) is 6.36. The average molecular weight is 441 g/mol. The highest BCUT2D eigenvalue weighted by atomic mass is 35.5. The quantitative estimate of drug-likeness (QED) is 0.473. The fourth-order valence-electron chi connectivity index (χ4n) is 2.80. The Bertz CT molecular complexity index is 1110. The van der Waals surface area contributed by atoms with Crippen LogP contribution in [0.2, 0.25) is 5.02 Å². The number of fused-ring (bicyclic) bond motifs is 1. The zero-order valence-corrected chi connectivity index (χ0v) is 17.2. The van der Waals surface area contributed by atoms with Crippen molar-refractivity contribution in [3.8, 4) is 21.9 Å². The molecule has 0 fully saturated rings. The molecule has 1 aliphatic heterocycles. The molecule has 2 heterocycles. The third kappa shape index (κ3) is 4.64. The van der Waals surface area contributed by atoms with Crippen LogP contribution in [0.3, 0.4) is 0 Å². The summed E-state index contributed by atoms with van der Waals surface area (Å²) in [5.41, 5.74) is 5.63. The maximum atomic E-state index is 12.2. The molecule has 1 aliphatic rings. The first-order chi connectivity index (χ1) is 14.6. The Morgan fingerprint density at radius 2 is 1.77 bits per heavy atom. The smallest absolute Gasteiger partial charge is 0.283 e. The topological polar surface area (TPSA) is 76.7 Å². The van der Waals surface area contributed by atoms with E-state index in [-0.39, 0.29) is 6.61 Å². The van der Waals surface area contributed by atoms with Crippen molar-refractivity contribution in [1.29, 1.82) is 0 Å². The molecule has 152 valence electrons. The molecule has 8 heteroatoms. The van der Waals surface area contributed by atoms with Crippen LogP contribution in [0.1, 0.15) is 4.88 Å². The molecule has 2 amide bonds. The molecule has 0 spiro atoms. The van der Waals surface area contributed by atoms with Gasteiger partial charge in [0.05, 0.1) is 0 Å². The van der Waals surface area contributed by atoms with E-state index in [9.17, 15) is 9.59 Å². The van der Waals surface area contributed by atoms with Crippen LogP contribution in [0.15, 0.2) is 66.7 Å². The lowest BCUT2D eigenvalue weighted by molar-refractivity contribution is -0.134. The molecule has 0 saturated heterocycles. The number of benzene rings is 2. The number of carbonyl (C=O) groups is 2. The minimum Gasteiger partial charge on any atom is -0.485 e. The maximum Gasteiger partial charge on any atom is 0.283 e. The Balaban J connectivity index is 1.30. The van der Waals surface area contributed by atoms with Gasteiger partial charge >= 0.3 is 0 Å². The van der Waals surface area contributed by atoms with Gasteiger partial charge in [0.25, 0.3) is 11.8 Å². The van der Waals surface area contributed by atoms with E-state index in [1.54, 1.807) is 24.3 Å². The first-order valence-corrected chi connectivity index (χ1v) is 10.3. The van der Waals surface area contributed by atoms with Crippen LogP contribution < -0.4 is 20.3 Å². The van der Waals surface area contributed by atoms with Gasteiger partial charge in [0.1, 0.15) is 6.61 Å². The molecule has 2 aromatic carbocycles. The number of halogens is 1. The van der Waals surface area contributed by atoms with Gasteiger partial charge in [-0.1, -0.05) is 41.9 Å². The highest BCUT2D eigenvalue weighted by Crippen LogP contribution is 2.33. The van der Waals surface area contributed by atoms with Crippen LogP contribution >= 0.6 is 22.9 Å². The van der Waals surface area contributed by atoms with E-state index in [0.717, 1.165) is 15.3 Å². The summed E-state index contributed by atoms with van der Waals surface area (Å²) in [4.78, 5) is 26.1. The molecular formula is C22H17ClN2O4S. The first-order valence-electron chi connectivity index (χ1n) is 9.11. The summed E-state index contributed by atoms with van der Waals surface area (Å²) < 4.78 is 11.1. The summed E-state index contributed by atoms with van der Waals surface area (Å²) in [6.45, 7) is 0.0641. The minimum atomic E-state index is -0.848. The van der Waals surface area contributed by atoms with Crippen LogP contribution in [0.25, 0.3) is 16.5 Å². The predicted molar refractivity (Wildman–Crippen MR) is 116 cm³/mol. The van der Waals surface area contributed by atoms with Gasteiger partial charge in [0.2, 0.25) is 6.10 Å². The van der Waals surface area contributed by atoms with Gasteiger partial charge in [-0.15, -0.1) is 11.3 Å². The predicted octanol–water partition coefficient (Wildman–Crippen LogP) is 4.07. The number of rotatable bonds is 4. The van der Waals surface area contributed by atoms with Gasteiger partial charge in [-0.05, 0) is 36.4 Å². The largest absolute Gasteiger partial charge is 0.485 e. The number of hydrogen-bond acceptors (Lipinski definition) is 5. The lowest BCUT2D eigenvalue weighted by Crippen LogP contribution is -2.50. The molecule has 0 radical (unpaired) electrons. The van der Waals surface area contributed by atoms with E-state index >= 15 is 0 Å². The standard InChI is InChI=1S/C22H17ClN2O4S/c23-16-6-2-1-5-15(16)20-11-9-14(30-20)10-12-21(26)24-25-22(27)19-13-28-17-7-3-4-8-18(17)29-19/h1-12,19H,13H2,(H,24,26)(H,25,27). The zero-order chi connectivity index (χ0) is 20.9. The molecule has 0 aliphatic carbocycles. The van der Waals surface area contributed by atoms with Crippen LogP contribution in [0.5, 0.6) is 11.5 Å². The van der Waals surface area contributed by atoms with Crippen molar-refractivity contribution in [3.63, 3.8) is 0 Å². The zero-order valence-electron chi connectivity index (χ0n) is 15.6. The van der Waals surface area contributed by atoms with E-state index in [1.807, 2.05) is 42.5 Å². The Kier molecular flexibility index (Phi) is 6.02. The number of amides is 2. The average Bonchev–Trinajstić information content (AvgIpc) is 3.25. The van der Waals surface area contributed by atoms with E-state index in [1.165, 1.54) is 17.4 Å². The van der Waals surface area contributed by atoms with Crippen molar-refractivity contribution in [2.24, 2.45) is 0 Å². The molecule has 3 aromatic rings. The molecule has 6 nitrogen and oxygen atoms in total. The van der Waals surface area contributed by atoms with Crippen molar-refractivity contribution in [2.75, 3.05) is 6.61 Å². The highest BCUT2D eigenvalue weighted by Gasteiger charge is 2.27. The lowest BCUT2D eigenvalue weighted by atomic mass is 10.2. The van der Waals surface area contributed by atoms with Crippen LogP contribution in [-0.2, 0) is 9.59 Å². The van der Waals surface area contributed by atoms with Crippen molar-refractivity contribution in [2.45, 2.75) is 6.10 Å². The van der Waals surface area contributed by atoms with Crippen molar-refractivity contribution < 1.29 is 19.1 Å². The summed E-state index contributed by atoms with van der Waals surface area (Å²) in [5.74, 6) is 0.110. The molecule has 1 aromatic heterocycles. The van der Waals surface area contributed by atoms with Gasteiger partial charge in [-0.2, -0.15) is 0 Å². The third-order valence-electron chi connectivity index (χ3n) is 4.28. The first kappa shape index (κ1) is 20.0. The Morgan fingerprint density at radius 1 is 1.00 bits per heavy atom. The van der Waals surface area contributed by atoms with Crippen LogP contribution in [0.4, 0.5) is 0 Å². The van der Waals surface area contributed by atoms with Gasteiger partial charge in [0.15, 0.2) is 11.5 Å². The fraction of sp³-hybridized carbons (Fsp3) is 0.0909. The molecule has 30 heavy (non-hydrogen) atoms. The van der Waals surface area contributed by atoms with E-state index in [2.05, 4.69) is 10.9 Å². The Labute approximate surface area is 182 Å². The number of hydrazine groups is 1. The summed E-state index contributed by atoms with van der Waals surface area (Å²) in [5, 5.41) is 0.673. The molecule has 4 rings (SSSR count). The van der Waals surface area contributed by atoms with Gasteiger partial charge in [0, 0.05) is 26.4 Å². The fourth-order valence-corrected chi connectivity index (χ4v) is 4.04. The van der Waals surface area contributed by atoms with E-state index in [4.69, 9.17) is 21.1 Å². The molecule has 0 saturated carbocycles. The minimum absolute atomic E-state index is 0.0641. The monoisotopic (exact) mass is 440 g/mol. The maximum absolute atomic E-state index is 12.2. The van der Waals surface area contributed by atoms with Gasteiger partial charge in [-0.25, -0.2) is 0 Å². The number of nitrogens with one attached hydrogen (secondary N) is 2. The molecule has 1 atom stereocenters. The van der Waals surface area contributed by atoms with Gasteiger partial charge < -0.3 is 9.47 Å². The van der Waals surface area contributed by atoms with Crippen molar-refractivity contribution in [1.82, 2.24) is 10.9 Å². The molecule has 2 N–H and O–H groups in total. The van der Waals surface area contributed by atoms with E-state index < -0.39 is 17.9 Å². The Morgan fingerprint density at radius 3 is 2.60 bits per heavy atom. The summed E-state index contributed by atoms with van der Waals surface area (Å²) in [6, 6.07) is 18.5. The summed E-state index contributed by atoms with van der Waals surface area (Å²) in [7, 11) is 0. The SMILES string of the molecule is O=C(C=Cc1ccc(-c2ccccc2Cl)s1)NNC(=O)C1COc2ccccc2O1. The van der Waals surface area contributed by atoms with E-state index in [0.29, 0.717) is 16.5 Å². The molecule has 1 unspecified atom stereocenters. The normalized spacial score (nSPS) is 15.0. The Hall–Kier alpha value is -3.29. The number of ether oxygens (including phenoxy) is 2. The number of thiophene rings is 1. The second kappa shape index (κ2) is 9.02. The number of para-hydroxylation sites is 2. The van der Waals surface area contributed by atoms with Crippen LogP contribution in [0, 0.1) is 0 Å². The summed E-state index contributed by atoms with van der Waals surface area (Å²) in [6.07, 6.45) is 2.17. The van der Waals surface area contributed by atoms with Gasteiger partial charge in [-0.3, -0.25) is 20.4 Å². The summed E-state index contributed by atoms with van der Waals surface area (Å²) >= 11 is 7.73. The van der Waals surface area contributed by atoms with Crippen LogP contribution in [-0.4, -0.2) is 24.5 Å². The second-order valence-corrected chi connectivity index (χ2v) is 7.88. The van der Waals surface area contributed by atoms with Crippen molar-refractivity contribution in [3.05, 3.63) is 76.6 Å². The molecular weight excluding hydrogens is 424 g/mol. The number of hydrogen-bond donors (Lipinski definition) is 2.